The number of allylic oxidation sites excluding steroid dienone is 3. The molecule has 0 radical (unpaired) electrons. The first kappa shape index (κ1) is 9.18. The molecule has 1 rings (SSSR count). The van der Waals surface area contributed by atoms with Crippen molar-refractivity contribution in [1.82, 2.24) is 0 Å². The molecule has 1 aliphatic rings. The summed E-state index contributed by atoms with van der Waals surface area (Å²) in [7, 11) is 0. The molecule has 0 aromatic carbocycles. The highest BCUT2D eigenvalue weighted by Gasteiger charge is 2.10. The first-order chi connectivity index (χ1) is 6.11. The van der Waals surface area contributed by atoms with Crippen LogP contribution in [-0.4, -0.2) is 17.5 Å². The van der Waals surface area contributed by atoms with Crippen LogP contribution in [0.1, 0.15) is 6.42 Å². The Morgan fingerprint density at radius 3 is 2.54 bits per heavy atom. The van der Waals surface area contributed by atoms with E-state index in [1.807, 2.05) is 0 Å². The molecule has 0 unspecified atom stereocenters. The van der Waals surface area contributed by atoms with Crippen LogP contribution in [0.5, 0.6) is 0 Å². The van der Waals surface area contributed by atoms with Gasteiger partial charge in [-0.3, -0.25) is 9.59 Å². The van der Waals surface area contributed by atoms with Crippen LogP contribution < -0.4 is 11.5 Å². The Balaban J connectivity index is 3.03. The topological polar surface area (TPSA) is 98.5 Å². The molecule has 0 aromatic heterocycles. The smallest absolute Gasteiger partial charge is 0.267 e. The zero-order valence-corrected chi connectivity index (χ0v) is 6.86. The lowest BCUT2D eigenvalue weighted by Crippen LogP contribution is -2.24. The summed E-state index contributed by atoms with van der Waals surface area (Å²) in [5.74, 6) is -1.32. The highest BCUT2D eigenvalue weighted by Crippen LogP contribution is 2.04. The van der Waals surface area contributed by atoms with Gasteiger partial charge in [0.2, 0.25) is 0 Å². The fourth-order valence-corrected chi connectivity index (χ4v) is 0.860. The number of amides is 2. The van der Waals surface area contributed by atoms with Gasteiger partial charge in [0.05, 0.1) is 0 Å². The largest absolute Gasteiger partial charge is 0.365 e. The Kier molecular flexibility index (Phi) is 2.59. The monoisotopic (exact) mass is 179 g/mol. The van der Waals surface area contributed by atoms with Gasteiger partial charge < -0.3 is 11.5 Å². The highest BCUT2D eigenvalue weighted by molar-refractivity contribution is 6.39. The predicted molar refractivity (Wildman–Crippen MR) is 47.7 cm³/mol. The van der Waals surface area contributed by atoms with E-state index in [9.17, 15) is 9.59 Å². The van der Waals surface area contributed by atoms with Gasteiger partial charge in [-0.1, -0.05) is 12.2 Å². The first-order valence-corrected chi connectivity index (χ1v) is 3.65. The van der Waals surface area contributed by atoms with Crippen molar-refractivity contribution >= 4 is 17.5 Å². The third kappa shape index (κ3) is 2.26. The van der Waals surface area contributed by atoms with Crippen molar-refractivity contribution in [3.8, 4) is 0 Å². The van der Waals surface area contributed by atoms with Crippen molar-refractivity contribution in [3.05, 3.63) is 23.9 Å². The van der Waals surface area contributed by atoms with Gasteiger partial charge in [-0.2, -0.15) is 0 Å². The zero-order valence-electron chi connectivity index (χ0n) is 6.86. The van der Waals surface area contributed by atoms with Crippen LogP contribution in [0, 0.1) is 0 Å². The summed E-state index contributed by atoms with van der Waals surface area (Å²) < 4.78 is 0. The van der Waals surface area contributed by atoms with Crippen molar-refractivity contribution < 1.29 is 9.59 Å². The van der Waals surface area contributed by atoms with E-state index in [0.717, 1.165) is 0 Å². The van der Waals surface area contributed by atoms with Gasteiger partial charge in [0.15, 0.2) is 0 Å². The molecular formula is C8H9N3O2. The van der Waals surface area contributed by atoms with Gasteiger partial charge in [0.1, 0.15) is 11.4 Å². The maximum atomic E-state index is 10.8. The van der Waals surface area contributed by atoms with Crippen LogP contribution in [0.25, 0.3) is 0 Å². The van der Waals surface area contributed by atoms with Crippen molar-refractivity contribution in [1.29, 1.82) is 0 Å². The summed E-state index contributed by atoms with van der Waals surface area (Å²) in [6, 6.07) is 0. The van der Waals surface area contributed by atoms with Crippen LogP contribution in [0.15, 0.2) is 28.9 Å². The van der Waals surface area contributed by atoms with Gasteiger partial charge in [-0.25, -0.2) is 4.99 Å². The Morgan fingerprint density at radius 1 is 1.31 bits per heavy atom. The second-order valence-corrected chi connectivity index (χ2v) is 2.47. The number of nitrogens with zero attached hydrogens (tertiary/aromatic N) is 1. The molecule has 0 aromatic rings. The van der Waals surface area contributed by atoms with Gasteiger partial charge in [-0.05, 0) is 6.08 Å². The minimum Gasteiger partial charge on any atom is -0.365 e. The third-order valence-electron chi connectivity index (χ3n) is 1.49. The van der Waals surface area contributed by atoms with E-state index < -0.39 is 11.8 Å². The second-order valence-electron chi connectivity index (χ2n) is 2.47. The number of rotatable bonds is 2. The minimum absolute atomic E-state index is 0.0440. The molecule has 0 atom stereocenters. The summed E-state index contributed by atoms with van der Waals surface area (Å²) >= 11 is 0. The number of carbonyl (C=O) groups is 2. The predicted octanol–water partition coefficient (Wildman–Crippen LogP) is -0.758. The molecule has 1 aliphatic heterocycles. The van der Waals surface area contributed by atoms with Crippen LogP contribution in [0.3, 0.4) is 0 Å². The van der Waals surface area contributed by atoms with Crippen LogP contribution >= 0.6 is 0 Å². The SMILES string of the molecule is NC(=O)C1=CC=CCC(C(N)=O)=N1. The Bertz CT molecular complexity index is 339. The molecule has 68 valence electrons. The molecule has 1 heterocycles. The standard InChI is InChI=1S/C8H9N3O2/c9-7(12)5-3-1-2-4-6(11-5)8(10)13/h1-3H,4H2,(H2,9,12)(H2,10,13). The molecule has 2 amide bonds. The van der Waals surface area contributed by atoms with Crippen molar-refractivity contribution in [3.63, 3.8) is 0 Å². The van der Waals surface area contributed by atoms with Crippen molar-refractivity contribution in [2.45, 2.75) is 6.42 Å². The molecule has 0 fully saturated rings. The van der Waals surface area contributed by atoms with Gasteiger partial charge in [-0.15, -0.1) is 0 Å². The lowest BCUT2D eigenvalue weighted by Gasteiger charge is -1.97. The molecule has 13 heavy (non-hydrogen) atoms. The van der Waals surface area contributed by atoms with Crippen molar-refractivity contribution in [2.24, 2.45) is 16.5 Å². The van der Waals surface area contributed by atoms with Gasteiger partial charge in [0.25, 0.3) is 11.8 Å². The second kappa shape index (κ2) is 3.66. The number of carbonyl (C=O) groups excluding carboxylic acids is 2. The number of nitrogens with two attached hydrogens (primary N) is 2. The average molecular weight is 179 g/mol. The fraction of sp³-hybridized carbons (Fsp3) is 0.125. The lowest BCUT2D eigenvalue weighted by atomic mass is 10.2. The van der Waals surface area contributed by atoms with E-state index in [0.29, 0.717) is 6.42 Å². The number of hydrogen-bond donors (Lipinski definition) is 2. The summed E-state index contributed by atoms with van der Waals surface area (Å²) in [6.07, 6.45) is 5.06. The number of hydrogen-bond acceptors (Lipinski definition) is 3. The summed E-state index contributed by atoms with van der Waals surface area (Å²) in [6.45, 7) is 0. The van der Waals surface area contributed by atoms with Gasteiger partial charge in [0, 0.05) is 6.42 Å². The van der Waals surface area contributed by atoms with E-state index in [1.165, 1.54) is 6.08 Å². The molecular weight excluding hydrogens is 170 g/mol. The molecule has 0 spiro atoms. The molecule has 0 saturated carbocycles. The Labute approximate surface area is 74.8 Å². The normalized spacial score (nSPS) is 15.7. The van der Waals surface area contributed by atoms with Crippen molar-refractivity contribution in [2.75, 3.05) is 0 Å². The van der Waals surface area contributed by atoms with E-state index in [2.05, 4.69) is 4.99 Å². The summed E-state index contributed by atoms with van der Waals surface area (Å²) in [5, 5.41) is 0. The molecule has 5 nitrogen and oxygen atoms in total. The zero-order chi connectivity index (χ0) is 9.84. The molecule has 0 saturated heterocycles. The Hall–Kier alpha value is -1.91. The van der Waals surface area contributed by atoms with Crippen LogP contribution in [0.4, 0.5) is 0 Å². The molecule has 0 bridgehead atoms. The summed E-state index contributed by atoms with van der Waals surface area (Å²) in [5.41, 5.74) is 10.2. The average Bonchev–Trinajstić information content (AvgIpc) is 2.28. The molecule has 5 heteroatoms. The maximum Gasteiger partial charge on any atom is 0.267 e. The lowest BCUT2D eigenvalue weighted by molar-refractivity contribution is -0.114. The molecule has 0 aliphatic carbocycles. The van der Waals surface area contributed by atoms with E-state index >= 15 is 0 Å². The van der Waals surface area contributed by atoms with Crippen LogP contribution in [0.2, 0.25) is 0 Å². The van der Waals surface area contributed by atoms with E-state index in [-0.39, 0.29) is 11.4 Å². The number of primary amides is 2. The highest BCUT2D eigenvalue weighted by atomic mass is 16.2. The van der Waals surface area contributed by atoms with E-state index in [1.54, 1.807) is 12.2 Å². The minimum atomic E-state index is -0.676. The Morgan fingerprint density at radius 2 is 2.00 bits per heavy atom. The first-order valence-electron chi connectivity index (χ1n) is 3.65. The number of aliphatic imine (C=N–C) groups is 1. The molecule has 4 N–H and O–H groups in total. The quantitative estimate of drug-likeness (QED) is 0.582. The summed E-state index contributed by atoms with van der Waals surface area (Å²) in [4.78, 5) is 25.2. The van der Waals surface area contributed by atoms with E-state index in [4.69, 9.17) is 11.5 Å². The fourth-order valence-electron chi connectivity index (χ4n) is 0.860. The maximum absolute atomic E-state index is 10.8. The van der Waals surface area contributed by atoms with Gasteiger partial charge >= 0.3 is 0 Å². The van der Waals surface area contributed by atoms with Crippen LogP contribution in [-0.2, 0) is 9.59 Å². The third-order valence-corrected chi connectivity index (χ3v) is 1.49.